The van der Waals surface area contributed by atoms with Crippen LogP contribution in [0, 0.1) is 13.8 Å². The van der Waals surface area contributed by atoms with Gasteiger partial charge in [0.05, 0.1) is 6.54 Å². The fourth-order valence-electron chi connectivity index (χ4n) is 3.75. The first kappa shape index (κ1) is 18.6. The molecule has 148 valence electrons. The number of aryl methyl sites for hydroxylation is 1. The predicted octanol–water partition coefficient (Wildman–Crippen LogP) is 2.47. The summed E-state index contributed by atoms with van der Waals surface area (Å²) in [5, 5.41) is 3.25. The van der Waals surface area contributed by atoms with Gasteiger partial charge in [-0.25, -0.2) is 0 Å². The zero-order valence-corrected chi connectivity index (χ0v) is 16.5. The Morgan fingerprint density at radius 1 is 1.04 bits per heavy atom. The van der Waals surface area contributed by atoms with Crippen molar-refractivity contribution in [3.63, 3.8) is 0 Å². The number of hydrogen-bond acceptors (Lipinski definition) is 5. The highest BCUT2D eigenvalue weighted by molar-refractivity contribution is 5.78. The van der Waals surface area contributed by atoms with Gasteiger partial charge in [0, 0.05) is 38.4 Å². The average Bonchev–Trinajstić information content (AvgIpc) is 3.18. The zero-order valence-electron chi connectivity index (χ0n) is 16.5. The van der Waals surface area contributed by atoms with Crippen LogP contribution in [0.3, 0.4) is 0 Å². The number of rotatable bonds is 5. The van der Waals surface area contributed by atoms with Gasteiger partial charge in [0.1, 0.15) is 0 Å². The normalized spacial score (nSPS) is 15.8. The molecule has 0 radical (unpaired) electrons. The molecule has 2 aromatic rings. The van der Waals surface area contributed by atoms with E-state index in [0.717, 1.165) is 43.2 Å². The van der Waals surface area contributed by atoms with Crippen LogP contribution in [0.5, 0.6) is 11.5 Å². The summed E-state index contributed by atoms with van der Waals surface area (Å²) in [7, 11) is 0. The SMILES string of the molecule is Cc1cccc(N2CCN(C(=O)CNCc3ccc4c(c3)OCO4)CC2)c1C. The van der Waals surface area contributed by atoms with Gasteiger partial charge < -0.3 is 24.6 Å². The number of carbonyl (C=O) groups is 1. The monoisotopic (exact) mass is 381 g/mol. The molecule has 28 heavy (non-hydrogen) atoms. The summed E-state index contributed by atoms with van der Waals surface area (Å²) in [6.45, 7) is 8.83. The van der Waals surface area contributed by atoms with E-state index in [2.05, 4.69) is 42.3 Å². The van der Waals surface area contributed by atoms with Crippen molar-refractivity contribution >= 4 is 11.6 Å². The molecule has 6 nitrogen and oxygen atoms in total. The Morgan fingerprint density at radius 3 is 2.64 bits per heavy atom. The number of fused-ring (bicyclic) bond motifs is 1. The van der Waals surface area contributed by atoms with Crippen molar-refractivity contribution in [2.75, 3.05) is 44.4 Å². The molecule has 1 saturated heterocycles. The lowest BCUT2D eigenvalue weighted by atomic mass is 10.1. The minimum Gasteiger partial charge on any atom is -0.454 e. The molecule has 0 aliphatic carbocycles. The molecule has 1 N–H and O–H groups in total. The topological polar surface area (TPSA) is 54.0 Å². The second kappa shape index (κ2) is 8.10. The minimum absolute atomic E-state index is 0.154. The third kappa shape index (κ3) is 3.92. The number of carbonyl (C=O) groups excluding carboxylic acids is 1. The summed E-state index contributed by atoms with van der Waals surface area (Å²) in [4.78, 5) is 16.9. The van der Waals surface area contributed by atoms with Gasteiger partial charge in [0.15, 0.2) is 11.5 Å². The summed E-state index contributed by atoms with van der Waals surface area (Å²) < 4.78 is 10.7. The van der Waals surface area contributed by atoms with E-state index in [9.17, 15) is 4.79 Å². The van der Waals surface area contributed by atoms with Gasteiger partial charge in [-0.05, 0) is 48.7 Å². The number of piperazine rings is 1. The molecule has 6 heteroatoms. The van der Waals surface area contributed by atoms with Crippen molar-refractivity contribution < 1.29 is 14.3 Å². The molecule has 0 unspecified atom stereocenters. The first-order valence-electron chi connectivity index (χ1n) is 9.80. The van der Waals surface area contributed by atoms with Crippen molar-refractivity contribution in [2.24, 2.45) is 0 Å². The van der Waals surface area contributed by atoms with Crippen LogP contribution in [0.15, 0.2) is 36.4 Å². The molecule has 0 bridgehead atoms. The van der Waals surface area contributed by atoms with E-state index in [4.69, 9.17) is 9.47 Å². The standard InChI is InChI=1S/C22H27N3O3/c1-16-4-3-5-19(17(16)2)24-8-10-25(11-9-24)22(26)14-23-13-18-6-7-20-21(12-18)28-15-27-20/h3-7,12,23H,8-11,13-15H2,1-2H3. The Morgan fingerprint density at radius 2 is 1.82 bits per heavy atom. The summed E-state index contributed by atoms with van der Waals surface area (Å²) in [5.74, 6) is 1.70. The molecule has 2 aromatic carbocycles. The number of nitrogens with zero attached hydrogens (tertiary/aromatic N) is 2. The van der Waals surface area contributed by atoms with E-state index in [0.29, 0.717) is 13.1 Å². The Kier molecular flexibility index (Phi) is 5.39. The number of anilines is 1. The third-order valence-electron chi connectivity index (χ3n) is 5.59. The molecule has 1 amide bonds. The molecule has 2 aliphatic heterocycles. The van der Waals surface area contributed by atoms with Crippen LogP contribution in [0.1, 0.15) is 16.7 Å². The van der Waals surface area contributed by atoms with E-state index in [1.165, 1.54) is 16.8 Å². The maximum absolute atomic E-state index is 12.5. The average molecular weight is 381 g/mol. The quantitative estimate of drug-likeness (QED) is 0.862. The highest BCUT2D eigenvalue weighted by Gasteiger charge is 2.22. The highest BCUT2D eigenvalue weighted by atomic mass is 16.7. The molecule has 0 spiro atoms. The van der Waals surface area contributed by atoms with E-state index in [1.54, 1.807) is 0 Å². The Bertz CT molecular complexity index is 860. The van der Waals surface area contributed by atoms with Gasteiger partial charge in [-0.2, -0.15) is 0 Å². The smallest absolute Gasteiger partial charge is 0.236 e. The molecule has 1 fully saturated rings. The number of hydrogen-bond donors (Lipinski definition) is 1. The zero-order chi connectivity index (χ0) is 19.5. The first-order valence-corrected chi connectivity index (χ1v) is 9.80. The summed E-state index contributed by atoms with van der Waals surface area (Å²) >= 11 is 0. The van der Waals surface area contributed by atoms with Crippen LogP contribution >= 0.6 is 0 Å². The molecule has 0 aromatic heterocycles. The fourth-order valence-corrected chi connectivity index (χ4v) is 3.75. The van der Waals surface area contributed by atoms with Gasteiger partial charge in [0.25, 0.3) is 0 Å². The fraction of sp³-hybridized carbons (Fsp3) is 0.409. The molecule has 0 saturated carbocycles. The van der Waals surface area contributed by atoms with Gasteiger partial charge >= 0.3 is 0 Å². The largest absolute Gasteiger partial charge is 0.454 e. The predicted molar refractivity (Wildman–Crippen MR) is 109 cm³/mol. The number of amides is 1. The molecule has 2 aliphatic rings. The van der Waals surface area contributed by atoms with Crippen molar-refractivity contribution in [1.29, 1.82) is 0 Å². The number of nitrogens with one attached hydrogen (secondary N) is 1. The summed E-state index contributed by atoms with van der Waals surface area (Å²) in [5.41, 5.74) is 5.00. The maximum Gasteiger partial charge on any atom is 0.236 e. The number of ether oxygens (including phenoxy) is 2. The van der Waals surface area contributed by atoms with Crippen LogP contribution < -0.4 is 19.7 Å². The molecular weight excluding hydrogens is 354 g/mol. The van der Waals surface area contributed by atoms with Gasteiger partial charge in [0.2, 0.25) is 12.7 Å². The third-order valence-corrected chi connectivity index (χ3v) is 5.59. The van der Waals surface area contributed by atoms with Gasteiger partial charge in [-0.15, -0.1) is 0 Å². The summed E-state index contributed by atoms with van der Waals surface area (Å²) in [6.07, 6.45) is 0. The lowest BCUT2D eigenvalue weighted by molar-refractivity contribution is -0.130. The Balaban J connectivity index is 1.24. The van der Waals surface area contributed by atoms with E-state index >= 15 is 0 Å². The molecular formula is C22H27N3O3. The lowest BCUT2D eigenvalue weighted by Gasteiger charge is -2.37. The van der Waals surface area contributed by atoms with Crippen molar-refractivity contribution in [3.05, 3.63) is 53.1 Å². The van der Waals surface area contributed by atoms with Gasteiger partial charge in [-0.1, -0.05) is 18.2 Å². The second-order valence-corrected chi connectivity index (χ2v) is 7.38. The van der Waals surface area contributed by atoms with Crippen LogP contribution in [-0.2, 0) is 11.3 Å². The van der Waals surface area contributed by atoms with Crippen molar-refractivity contribution in [2.45, 2.75) is 20.4 Å². The van der Waals surface area contributed by atoms with Crippen LogP contribution in [0.2, 0.25) is 0 Å². The van der Waals surface area contributed by atoms with E-state index in [1.807, 2.05) is 23.1 Å². The lowest BCUT2D eigenvalue weighted by Crippen LogP contribution is -2.51. The van der Waals surface area contributed by atoms with Crippen LogP contribution in [0.25, 0.3) is 0 Å². The van der Waals surface area contributed by atoms with Crippen molar-refractivity contribution in [3.8, 4) is 11.5 Å². The molecule has 4 rings (SSSR count). The summed E-state index contributed by atoms with van der Waals surface area (Å²) in [6, 6.07) is 12.3. The minimum atomic E-state index is 0.154. The molecule has 2 heterocycles. The highest BCUT2D eigenvalue weighted by Crippen LogP contribution is 2.32. The second-order valence-electron chi connectivity index (χ2n) is 7.38. The van der Waals surface area contributed by atoms with Crippen LogP contribution in [0.4, 0.5) is 5.69 Å². The van der Waals surface area contributed by atoms with E-state index in [-0.39, 0.29) is 12.7 Å². The molecule has 0 atom stereocenters. The number of benzene rings is 2. The Labute approximate surface area is 166 Å². The first-order chi connectivity index (χ1) is 13.6. The Hall–Kier alpha value is -2.73. The van der Waals surface area contributed by atoms with Gasteiger partial charge in [-0.3, -0.25) is 4.79 Å². The maximum atomic E-state index is 12.5. The van der Waals surface area contributed by atoms with Crippen LogP contribution in [-0.4, -0.2) is 50.3 Å². The van der Waals surface area contributed by atoms with Crippen molar-refractivity contribution in [1.82, 2.24) is 10.2 Å². The van der Waals surface area contributed by atoms with E-state index < -0.39 is 0 Å².